The molecule has 1 aromatic carbocycles. The van der Waals surface area contributed by atoms with Crippen LogP contribution in [-0.4, -0.2) is 22.5 Å². The minimum atomic E-state index is -0.390. The van der Waals surface area contributed by atoms with Crippen LogP contribution in [0.5, 0.6) is 11.5 Å². The maximum Gasteiger partial charge on any atom is 0.274 e. The van der Waals surface area contributed by atoms with Crippen molar-refractivity contribution in [3.05, 3.63) is 34.9 Å². The lowest BCUT2D eigenvalue weighted by atomic mass is 9.66. The number of aromatic hydroxyl groups is 1. The average Bonchev–Trinajstić information content (AvgIpc) is 2.51. The molecule has 0 fully saturated rings. The van der Waals surface area contributed by atoms with Gasteiger partial charge in [0, 0.05) is 23.0 Å². The van der Waals surface area contributed by atoms with Crippen LogP contribution in [0.25, 0.3) is 0 Å². The lowest BCUT2D eigenvalue weighted by Crippen LogP contribution is -2.45. The summed E-state index contributed by atoms with van der Waals surface area (Å²) in [5, 5.41) is 10.8. The number of phenols is 1. The predicted octanol–water partition coefficient (Wildman–Crippen LogP) is 4.18. The molecular formula is C22H30N2O3. The Balaban J connectivity index is 2.07. The van der Waals surface area contributed by atoms with Gasteiger partial charge in [0.1, 0.15) is 22.9 Å². The summed E-state index contributed by atoms with van der Waals surface area (Å²) in [5.74, 6) is 1.12. The van der Waals surface area contributed by atoms with Crippen molar-refractivity contribution in [3.63, 3.8) is 0 Å². The number of ether oxygens (including phenoxy) is 1. The third-order valence-corrected chi connectivity index (χ3v) is 5.72. The third-order valence-electron chi connectivity index (χ3n) is 5.72. The first-order valence-corrected chi connectivity index (χ1v) is 9.50. The number of fused-ring (bicyclic) bond motifs is 3. The molecule has 5 nitrogen and oxygen atoms in total. The number of phenolic OH excluding ortho intramolecular Hbond substituents is 1. The van der Waals surface area contributed by atoms with E-state index < -0.39 is 5.60 Å². The molecule has 27 heavy (non-hydrogen) atoms. The Morgan fingerprint density at radius 3 is 2.59 bits per heavy atom. The van der Waals surface area contributed by atoms with Gasteiger partial charge in [-0.15, -0.1) is 0 Å². The van der Waals surface area contributed by atoms with E-state index in [0.717, 1.165) is 16.9 Å². The number of hydrogen-bond donors (Lipinski definition) is 2. The number of rotatable bonds is 1. The summed E-state index contributed by atoms with van der Waals surface area (Å²) in [6, 6.07) is 3.87. The number of allylic oxidation sites excluding steroid dienone is 1. The van der Waals surface area contributed by atoms with Crippen LogP contribution in [0.4, 0.5) is 0 Å². The molecule has 1 amide bonds. The second-order valence-electron chi connectivity index (χ2n) is 9.30. The molecule has 0 saturated heterocycles. The zero-order valence-corrected chi connectivity index (χ0v) is 17.1. The van der Waals surface area contributed by atoms with E-state index in [9.17, 15) is 9.90 Å². The predicted molar refractivity (Wildman–Crippen MR) is 107 cm³/mol. The monoisotopic (exact) mass is 370 g/mol. The van der Waals surface area contributed by atoms with Gasteiger partial charge >= 0.3 is 0 Å². The fourth-order valence-corrected chi connectivity index (χ4v) is 4.24. The molecule has 0 bridgehead atoms. The highest BCUT2D eigenvalue weighted by molar-refractivity contribution is 6.01. The Kier molecular flexibility index (Phi) is 4.61. The number of hydrogen-bond acceptors (Lipinski definition) is 3. The number of nitrogens with two attached hydrogens (primary N) is 1. The molecule has 1 heterocycles. The van der Waals surface area contributed by atoms with Gasteiger partial charge in [0.15, 0.2) is 0 Å². The molecule has 5 heteroatoms. The fourth-order valence-electron chi connectivity index (χ4n) is 4.24. The van der Waals surface area contributed by atoms with Gasteiger partial charge in [-0.05, 0) is 56.7 Å². The fraction of sp³-hybridized carbons (Fsp3) is 0.545. The van der Waals surface area contributed by atoms with Crippen LogP contribution in [0.2, 0.25) is 0 Å². The minimum absolute atomic E-state index is 0.00926. The van der Waals surface area contributed by atoms with Gasteiger partial charge in [0.2, 0.25) is 0 Å². The van der Waals surface area contributed by atoms with Crippen LogP contribution in [-0.2, 0) is 10.2 Å². The molecule has 2 aliphatic rings. The largest absolute Gasteiger partial charge is 0.508 e. The standard InChI is InChI=1S/C22H30N2O3/c1-12(23)24-20(26)13-7-8-16-15(9-13)19-17(25)10-14(21(2,3)4)11-18(19)27-22(16,5)6/h7,10-11,15-16,25H,8-9H2,1-6H3,(H2,23,24,26). The van der Waals surface area contributed by atoms with Gasteiger partial charge in [0.05, 0.1) is 0 Å². The van der Waals surface area contributed by atoms with Crippen LogP contribution in [0.3, 0.4) is 0 Å². The number of benzene rings is 1. The van der Waals surface area contributed by atoms with E-state index in [1.165, 1.54) is 0 Å². The SMILES string of the molecule is CC(N)=NC(=O)C1=CCC2C(C1)c1c(O)cc(C(C)(C)C)cc1OC2(C)C. The maximum atomic E-state index is 12.4. The van der Waals surface area contributed by atoms with E-state index in [1.807, 2.05) is 18.2 Å². The molecule has 3 rings (SSSR count). The van der Waals surface area contributed by atoms with E-state index in [2.05, 4.69) is 39.6 Å². The molecule has 0 aromatic heterocycles. The first-order chi connectivity index (χ1) is 12.4. The Morgan fingerprint density at radius 2 is 2.00 bits per heavy atom. The summed E-state index contributed by atoms with van der Waals surface area (Å²) in [4.78, 5) is 16.3. The van der Waals surface area contributed by atoms with Crippen molar-refractivity contribution in [2.75, 3.05) is 0 Å². The highest BCUT2D eigenvalue weighted by Crippen LogP contribution is 2.54. The number of amides is 1. The smallest absolute Gasteiger partial charge is 0.274 e. The van der Waals surface area contributed by atoms with Crippen molar-refractivity contribution < 1.29 is 14.6 Å². The highest BCUT2D eigenvalue weighted by Gasteiger charge is 2.47. The number of nitrogens with zero attached hydrogens (tertiary/aromatic N) is 1. The molecule has 1 aromatic rings. The molecule has 2 unspecified atom stereocenters. The molecule has 0 radical (unpaired) electrons. The first-order valence-electron chi connectivity index (χ1n) is 9.50. The van der Waals surface area contributed by atoms with Gasteiger partial charge in [-0.3, -0.25) is 4.79 Å². The van der Waals surface area contributed by atoms with Crippen molar-refractivity contribution >= 4 is 11.7 Å². The molecule has 3 N–H and O–H groups in total. The van der Waals surface area contributed by atoms with Gasteiger partial charge in [-0.1, -0.05) is 26.8 Å². The third kappa shape index (κ3) is 3.60. The zero-order chi connectivity index (χ0) is 20.1. The van der Waals surface area contributed by atoms with Crippen molar-refractivity contribution in [1.29, 1.82) is 0 Å². The van der Waals surface area contributed by atoms with Crippen molar-refractivity contribution in [1.82, 2.24) is 0 Å². The van der Waals surface area contributed by atoms with Crippen LogP contribution >= 0.6 is 0 Å². The van der Waals surface area contributed by atoms with Gasteiger partial charge in [-0.25, -0.2) is 0 Å². The number of carbonyl (C=O) groups is 1. The van der Waals surface area contributed by atoms with E-state index in [0.29, 0.717) is 18.4 Å². The first kappa shape index (κ1) is 19.5. The number of aliphatic imine (C=N–C) groups is 1. The lowest BCUT2D eigenvalue weighted by Gasteiger charge is -2.47. The van der Waals surface area contributed by atoms with Crippen LogP contribution in [0, 0.1) is 5.92 Å². The average molecular weight is 370 g/mol. The van der Waals surface area contributed by atoms with Crippen molar-refractivity contribution in [3.8, 4) is 11.5 Å². The summed E-state index contributed by atoms with van der Waals surface area (Å²) in [5.41, 5.74) is 7.57. The Hall–Kier alpha value is -2.30. The van der Waals surface area contributed by atoms with Crippen LogP contribution < -0.4 is 10.5 Å². The topological polar surface area (TPSA) is 84.9 Å². The Morgan fingerprint density at radius 1 is 1.33 bits per heavy atom. The van der Waals surface area contributed by atoms with Crippen LogP contribution in [0.15, 0.2) is 28.8 Å². The van der Waals surface area contributed by atoms with E-state index >= 15 is 0 Å². The molecule has 1 aliphatic carbocycles. The van der Waals surface area contributed by atoms with Crippen molar-refractivity contribution in [2.24, 2.45) is 16.6 Å². The quantitative estimate of drug-likeness (QED) is 0.573. The molecule has 1 aliphatic heterocycles. The van der Waals surface area contributed by atoms with E-state index in [4.69, 9.17) is 10.5 Å². The van der Waals surface area contributed by atoms with Crippen LogP contribution in [0.1, 0.15) is 71.4 Å². The highest BCUT2D eigenvalue weighted by atomic mass is 16.5. The zero-order valence-electron chi connectivity index (χ0n) is 17.1. The van der Waals surface area contributed by atoms with Gasteiger partial charge in [-0.2, -0.15) is 4.99 Å². The Bertz CT molecular complexity index is 840. The maximum absolute atomic E-state index is 12.4. The number of carbonyl (C=O) groups excluding carboxylic acids is 1. The van der Waals surface area contributed by atoms with E-state index in [1.54, 1.807) is 6.92 Å². The van der Waals surface area contributed by atoms with E-state index in [-0.39, 0.29) is 34.7 Å². The molecule has 0 saturated carbocycles. The summed E-state index contributed by atoms with van der Waals surface area (Å²) >= 11 is 0. The van der Waals surface area contributed by atoms with Gasteiger partial charge in [0.25, 0.3) is 5.91 Å². The van der Waals surface area contributed by atoms with Crippen molar-refractivity contribution in [2.45, 2.75) is 71.3 Å². The molecule has 146 valence electrons. The Labute approximate surface area is 161 Å². The number of amidine groups is 1. The normalized spacial score (nSPS) is 24.4. The summed E-state index contributed by atoms with van der Waals surface area (Å²) in [6.07, 6.45) is 3.19. The molecular weight excluding hydrogens is 340 g/mol. The lowest BCUT2D eigenvalue weighted by molar-refractivity contribution is -0.114. The van der Waals surface area contributed by atoms with Gasteiger partial charge < -0.3 is 15.6 Å². The second kappa shape index (κ2) is 6.39. The minimum Gasteiger partial charge on any atom is -0.508 e. The second-order valence-corrected chi connectivity index (χ2v) is 9.30. The summed E-state index contributed by atoms with van der Waals surface area (Å²) in [7, 11) is 0. The molecule has 0 spiro atoms. The summed E-state index contributed by atoms with van der Waals surface area (Å²) in [6.45, 7) is 12.1. The summed E-state index contributed by atoms with van der Waals surface area (Å²) < 4.78 is 6.34. The molecule has 2 atom stereocenters.